The largest absolute Gasteiger partial charge is 0.486 e. The van der Waals surface area contributed by atoms with Crippen LogP contribution < -0.4 is 14.8 Å². The van der Waals surface area contributed by atoms with Gasteiger partial charge in [-0.3, -0.25) is 9.59 Å². The zero-order chi connectivity index (χ0) is 20.6. The smallest absolute Gasteiger partial charge is 0.225 e. The van der Waals surface area contributed by atoms with Gasteiger partial charge in [0.1, 0.15) is 13.2 Å². The van der Waals surface area contributed by atoms with Crippen LogP contribution in [0.2, 0.25) is 5.02 Å². The second-order valence-electron chi connectivity index (χ2n) is 7.65. The van der Waals surface area contributed by atoms with Crippen molar-refractivity contribution in [2.75, 3.05) is 37.8 Å². The number of nitrogens with zero attached hydrogens (tertiary/aromatic N) is 1. The van der Waals surface area contributed by atoms with Gasteiger partial charge in [-0.15, -0.1) is 0 Å². The lowest BCUT2D eigenvalue weighted by atomic mass is 10.1. The maximum absolute atomic E-state index is 12.5. The van der Waals surface area contributed by atoms with Gasteiger partial charge < -0.3 is 19.7 Å². The molecule has 2 atom stereocenters. The summed E-state index contributed by atoms with van der Waals surface area (Å²) in [4.78, 5) is 26.3. The van der Waals surface area contributed by atoms with Gasteiger partial charge in [0, 0.05) is 25.6 Å². The van der Waals surface area contributed by atoms with Crippen LogP contribution in [-0.4, -0.2) is 69.0 Å². The van der Waals surface area contributed by atoms with Crippen molar-refractivity contribution in [2.45, 2.75) is 25.3 Å². The average Bonchev–Trinajstić information content (AvgIpc) is 3.23. The van der Waals surface area contributed by atoms with Crippen LogP contribution in [-0.2, 0) is 25.8 Å². The second kappa shape index (κ2) is 8.02. The number of fused-ring (bicyclic) bond motifs is 1. The molecular weight excluding hydrogens is 420 g/mol. The van der Waals surface area contributed by atoms with E-state index in [9.17, 15) is 18.0 Å². The number of hydrogen-bond acceptors (Lipinski definition) is 6. The van der Waals surface area contributed by atoms with Crippen molar-refractivity contribution in [3.8, 4) is 11.5 Å². The van der Waals surface area contributed by atoms with Gasteiger partial charge in [0.2, 0.25) is 11.8 Å². The van der Waals surface area contributed by atoms with Crippen LogP contribution in [0.1, 0.15) is 18.4 Å². The number of likely N-dealkylation sites (tertiary alicyclic amines) is 1. The molecule has 0 aliphatic carbocycles. The molecule has 0 saturated carbocycles. The standard InChI is InChI=1S/C19H23ClN2O6S/c20-15-7-12(8-16-18(15)28-5-4-27-16)1-3-21-19(24)13-9-17(23)22(10-13)14-2-6-29(25,26)11-14/h7-8,13-14H,1-6,9-11H2,(H,21,24). The van der Waals surface area contributed by atoms with Gasteiger partial charge in [-0.1, -0.05) is 11.6 Å². The fourth-order valence-electron chi connectivity index (χ4n) is 4.06. The minimum absolute atomic E-state index is 0.00203. The molecule has 4 rings (SSSR count). The molecule has 3 aliphatic heterocycles. The summed E-state index contributed by atoms with van der Waals surface area (Å²) < 4.78 is 34.4. The lowest BCUT2D eigenvalue weighted by molar-refractivity contribution is -0.130. The number of halogens is 1. The molecule has 10 heteroatoms. The van der Waals surface area contributed by atoms with Crippen molar-refractivity contribution in [3.05, 3.63) is 22.7 Å². The molecule has 2 unspecified atom stereocenters. The third-order valence-electron chi connectivity index (χ3n) is 5.55. The highest BCUT2D eigenvalue weighted by Crippen LogP contribution is 2.38. The zero-order valence-electron chi connectivity index (χ0n) is 15.9. The van der Waals surface area contributed by atoms with Crippen LogP contribution in [0.25, 0.3) is 0 Å². The predicted molar refractivity (Wildman–Crippen MR) is 106 cm³/mol. The van der Waals surface area contributed by atoms with Crippen LogP contribution in [0, 0.1) is 5.92 Å². The fourth-order valence-corrected chi connectivity index (χ4v) is 6.08. The number of amides is 2. The summed E-state index contributed by atoms with van der Waals surface area (Å²) in [6.45, 7) is 1.61. The summed E-state index contributed by atoms with van der Waals surface area (Å²) >= 11 is 6.23. The number of hydrogen-bond donors (Lipinski definition) is 1. The Morgan fingerprint density at radius 3 is 2.83 bits per heavy atom. The van der Waals surface area contributed by atoms with E-state index in [1.54, 1.807) is 11.0 Å². The molecule has 3 heterocycles. The van der Waals surface area contributed by atoms with Gasteiger partial charge >= 0.3 is 0 Å². The van der Waals surface area contributed by atoms with E-state index >= 15 is 0 Å². The summed E-state index contributed by atoms with van der Waals surface area (Å²) in [7, 11) is -3.07. The monoisotopic (exact) mass is 442 g/mol. The Morgan fingerprint density at radius 2 is 2.07 bits per heavy atom. The Balaban J connectivity index is 1.29. The summed E-state index contributed by atoms with van der Waals surface area (Å²) in [5, 5.41) is 3.35. The average molecular weight is 443 g/mol. The third-order valence-corrected chi connectivity index (χ3v) is 7.58. The topological polar surface area (TPSA) is 102 Å². The third kappa shape index (κ3) is 4.45. The maximum atomic E-state index is 12.5. The SMILES string of the molecule is O=C(NCCc1cc(Cl)c2c(c1)OCCO2)C1CC(=O)N(C2CCS(=O)(=O)C2)C1. The van der Waals surface area contributed by atoms with Crippen molar-refractivity contribution in [3.63, 3.8) is 0 Å². The van der Waals surface area contributed by atoms with Gasteiger partial charge in [-0.25, -0.2) is 8.42 Å². The van der Waals surface area contributed by atoms with Gasteiger partial charge in [-0.05, 0) is 30.5 Å². The van der Waals surface area contributed by atoms with Gasteiger partial charge in [0.05, 0.1) is 22.4 Å². The molecule has 1 N–H and O–H groups in total. The molecular formula is C19H23ClN2O6S. The second-order valence-corrected chi connectivity index (χ2v) is 10.3. The molecule has 29 heavy (non-hydrogen) atoms. The number of rotatable bonds is 5. The predicted octanol–water partition coefficient (Wildman–Crippen LogP) is 0.805. The minimum Gasteiger partial charge on any atom is -0.486 e. The molecule has 2 amide bonds. The first kappa shape index (κ1) is 20.3. The van der Waals surface area contributed by atoms with E-state index in [4.69, 9.17) is 21.1 Å². The van der Waals surface area contributed by atoms with Crippen LogP contribution in [0.4, 0.5) is 0 Å². The lowest BCUT2D eigenvalue weighted by Crippen LogP contribution is -2.39. The zero-order valence-corrected chi connectivity index (χ0v) is 17.4. The molecule has 158 valence electrons. The van der Waals surface area contributed by atoms with Crippen molar-refractivity contribution in [1.29, 1.82) is 0 Å². The van der Waals surface area contributed by atoms with Crippen LogP contribution in [0.5, 0.6) is 11.5 Å². The molecule has 1 aromatic rings. The van der Waals surface area contributed by atoms with E-state index in [1.807, 2.05) is 6.07 Å². The number of carbonyl (C=O) groups is 2. The Labute approximate surface area is 174 Å². The molecule has 8 nitrogen and oxygen atoms in total. The molecule has 1 aromatic carbocycles. The number of sulfone groups is 1. The van der Waals surface area contributed by atoms with Crippen molar-refractivity contribution >= 4 is 33.3 Å². The summed E-state index contributed by atoms with van der Waals surface area (Å²) in [5.74, 6) is 0.470. The van der Waals surface area contributed by atoms with Gasteiger partial charge in [0.25, 0.3) is 0 Å². The minimum atomic E-state index is -3.07. The summed E-state index contributed by atoms with van der Waals surface area (Å²) in [5.41, 5.74) is 0.917. The van der Waals surface area contributed by atoms with E-state index in [0.29, 0.717) is 49.1 Å². The van der Waals surface area contributed by atoms with Crippen LogP contribution in [0.3, 0.4) is 0 Å². The van der Waals surface area contributed by atoms with Crippen LogP contribution >= 0.6 is 11.6 Å². The van der Waals surface area contributed by atoms with Crippen LogP contribution in [0.15, 0.2) is 12.1 Å². The molecule has 2 saturated heterocycles. The van der Waals surface area contributed by atoms with Gasteiger partial charge in [0.15, 0.2) is 21.3 Å². The normalized spacial score (nSPS) is 25.3. The van der Waals surface area contributed by atoms with Crippen molar-refractivity contribution < 1.29 is 27.5 Å². The molecule has 0 spiro atoms. The van der Waals surface area contributed by atoms with Crippen molar-refractivity contribution in [2.24, 2.45) is 5.92 Å². The number of carbonyl (C=O) groups excluding carboxylic acids is 2. The van der Waals surface area contributed by atoms with E-state index < -0.39 is 15.8 Å². The van der Waals surface area contributed by atoms with Gasteiger partial charge in [-0.2, -0.15) is 0 Å². The molecule has 0 bridgehead atoms. The Bertz CT molecular complexity index is 935. The number of ether oxygens (including phenoxy) is 2. The lowest BCUT2D eigenvalue weighted by Gasteiger charge is -2.23. The maximum Gasteiger partial charge on any atom is 0.225 e. The summed E-state index contributed by atoms with van der Waals surface area (Å²) in [6.07, 6.45) is 1.14. The Morgan fingerprint density at radius 1 is 1.28 bits per heavy atom. The Kier molecular flexibility index (Phi) is 5.61. The molecule has 0 aromatic heterocycles. The quantitative estimate of drug-likeness (QED) is 0.723. The highest BCUT2D eigenvalue weighted by Gasteiger charge is 2.41. The first-order chi connectivity index (χ1) is 13.8. The Hall–Kier alpha value is -2.00. The first-order valence-corrected chi connectivity index (χ1v) is 11.9. The van der Waals surface area contributed by atoms with E-state index in [1.165, 1.54) is 0 Å². The highest BCUT2D eigenvalue weighted by molar-refractivity contribution is 7.91. The van der Waals surface area contributed by atoms with E-state index in [0.717, 1.165) is 5.56 Å². The molecule has 0 radical (unpaired) electrons. The van der Waals surface area contributed by atoms with E-state index in [2.05, 4.69) is 5.32 Å². The number of benzene rings is 1. The number of nitrogens with one attached hydrogen (secondary N) is 1. The highest BCUT2D eigenvalue weighted by atomic mass is 35.5. The fraction of sp³-hybridized carbons (Fsp3) is 0.579. The van der Waals surface area contributed by atoms with E-state index in [-0.39, 0.29) is 42.3 Å². The first-order valence-electron chi connectivity index (χ1n) is 9.68. The molecule has 3 aliphatic rings. The summed E-state index contributed by atoms with van der Waals surface area (Å²) in [6, 6.07) is 3.35. The molecule has 2 fully saturated rings. The van der Waals surface area contributed by atoms with Crippen molar-refractivity contribution in [1.82, 2.24) is 10.2 Å².